The second-order valence-electron chi connectivity index (χ2n) is 5.59. The van der Waals surface area contributed by atoms with Gasteiger partial charge in [0, 0.05) is 25.2 Å². The molecule has 1 aliphatic rings. The molecule has 0 heterocycles. The van der Waals surface area contributed by atoms with Crippen molar-refractivity contribution in [3.63, 3.8) is 0 Å². The lowest BCUT2D eigenvalue weighted by Gasteiger charge is -2.32. The number of hydrogen-bond acceptors (Lipinski definition) is 2. The Bertz CT molecular complexity index is 180. The number of rotatable bonds is 6. The van der Waals surface area contributed by atoms with Crippen molar-refractivity contribution in [3.05, 3.63) is 0 Å². The zero-order chi connectivity index (χ0) is 12.0. The van der Waals surface area contributed by atoms with E-state index in [1.54, 1.807) is 0 Å². The van der Waals surface area contributed by atoms with Gasteiger partial charge >= 0.3 is 0 Å². The summed E-state index contributed by atoms with van der Waals surface area (Å²) in [6.07, 6.45) is 7.05. The van der Waals surface area contributed by atoms with Gasteiger partial charge in [-0.15, -0.1) is 0 Å². The van der Waals surface area contributed by atoms with E-state index in [0.29, 0.717) is 6.04 Å². The SMILES string of the molecule is CCC1CCCCC1NCCN(C)C(C)C. The second-order valence-corrected chi connectivity index (χ2v) is 5.59. The first-order valence-corrected chi connectivity index (χ1v) is 7.08. The molecule has 0 aromatic carbocycles. The van der Waals surface area contributed by atoms with Crippen LogP contribution >= 0.6 is 0 Å². The summed E-state index contributed by atoms with van der Waals surface area (Å²) in [4.78, 5) is 2.41. The Labute approximate surface area is 102 Å². The molecule has 2 heteroatoms. The van der Waals surface area contributed by atoms with Gasteiger partial charge < -0.3 is 10.2 Å². The van der Waals surface area contributed by atoms with Crippen LogP contribution < -0.4 is 5.32 Å². The molecule has 1 fully saturated rings. The van der Waals surface area contributed by atoms with Crippen molar-refractivity contribution in [2.75, 3.05) is 20.1 Å². The third-order valence-electron chi connectivity index (χ3n) is 4.19. The van der Waals surface area contributed by atoms with Crippen molar-refractivity contribution in [1.82, 2.24) is 10.2 Å². The Hall–Kier alpha value is -0.0800. The molecule has 1 N–H and O–H groups in total. The van der Waals surface area contributed by atoms with Crippen LogP contribution in [0.15, 0.2) is 0 Å². The molecule has 0 amide bonds. The van der Waals surface area contributed by atoms with Gasteiger partial charge in [0.1, 0.15) is 0 Å². The zero-order valence-electron chi connectivity index (χ0n) is 11.6. The van der Waals surface area contributed by atoms with Crippen molar-refractivity contribution in [2.45, 2.75) is 65.0 Å². The van der Waals surface area contributed by atoms with Crippen molar-refractivity contribution in [3.8, 4) is 0 Å². The van der Waals surface area contributed by atoms with Crippen molar-refractivity contribution >= 4 is 0 Å². The molecule has 0 spiro atoms. The monoisotopic (exact) mass is 226 g/mol. The highest BCUT2D eigenvalue weighted by atomic mass is 15.1. The first-order valence-electron chi connectivity index (χ1n) is 7.08. The van der Waals surface area contributed by atoms with Crippen LogP contribution in [0.25, 0.3) is 0 Å². The maximum atomic E-state index is 3.77. The molecule has 96 valence electrons. The summed E-state index contributed by atoms with van der Waals surface area (Å²) in [6.45, 7) is 9.18. The third-order valence-corrected chi connectivity index (χ3v) is 4.19. The topological polar surface area (TPSA) is 15.3 Å². The van der Waals surface area contributed by atoms with E-state index in [4.69, 9.17) is 0 Å². The smallest absolute Gasteiger partial charge is 0.0107 e. The van der Waals surface area contributed by atoms with E-state index < -0.39 is 0 Å². The molecule has 0 aromatic rings. The highest BCUT2D eigenvalue weighted by molar-refractivity contribution is 4.80. The Morgan fingerprint density at radius 2 is 1.94 bits per heavy atom. The quantitative estimate of drug-likeness (QED) is 0.749. The summed E-state index contributed by atoms with van der Waals surface area (Å²) in [5.74, 6) is 0.929. The van der Waals surface area contributed by atoms with Crippen LogP contribution in [0.3, 0.4) is 0 Å². The average molecular weight is 226 g/mol. The number of likely N-dealkylation sites (N-methyl/N-ethyl adjacent to an activating group) is 1. The van der Waals surface area contributed by atoms with Gasteiger partial charge in [-0.3, -0.25) is 0 Å². The molecule has 2 nitrogen and oxygen atoms in total. The largest absolute Gasteiger partial charge is 0.312 e. The van der Waals surface area contributed by atoms with Gasteiger partial charge in [0.2, 0.25) is 0 Å². The summed E-state index contributed by atoms with van der Waals surface area (Å²) < 4.78 is 0. The first kappa shape index (κ1) is 14.0. The summed E-state index contributed by atoms with van der Waals surface area (Å²) in [5.41, 5.74) is 0. The van der Waals surface area contributed by atoms with Crippen LogP contribution in [0.1, 0.15) is 52.9 Å². The molecule has 16 heavy (non-hydrogen) atoms. The van der Waals surface area contributed by atoms with Crippen molar-refractivity contribution in [1.29, 1.82) is 0 Å². The van der Waals surface area contributed by atoms with Gasteiger partial charge in [-0.25, -0.2) is 0 Å². The number of hydrogen-bond donors (Lipinski definition) is 1. The minimum atomic E-state index is 0.662. The van der Waals surface area contributed by atoms with Crippen LogP contribution in [-0.2, 0) is 0 Å². The molecule has 0 aromatic heterocycles. The molecule has 0 radical (unpaired) electrons. The van der Waals surface area contributed by atoms with Crippen molar-refractivity contribution < 1.29 is 0 Å². The molecule has 0 aliphatic heterocycles. The lowest BCUT2D eigenvalue weighted by molar-refractivity contribution is 0.228. The fraction of sp³-hybridized carbons (Fsp3) is 1.00. The molecule has 1 rings (SSSR count). The van der Waals surface area contributed by atoms with Gasteiger partial charge in [-0.2, -0.15) is 0 Å². The van der Waals surface area contributed by atoms with Gasteiger partial charge in [0.05, 0.1) is 0 Å². The maximum Gasteiger partial charge on any atom is 0.0107 e. The normalized spacial score (nSPS) is 26.6. The van der Waals surface area contributed by atoms with Crippen LogP contribution in [0.5, 0.6) is 0 Å². The Morgan fingerprint density at radius 1 is 1.25 bits per heavy atom. The van der Waals surface area contributed by atoms with Gasteiger partial charge in [-0.05, 0) is 39.7 Å². The number of nitrogens with one attached hydrogen (secondary N) is 1. The van der Waals surface area contributed by atoms with E-state index in [9.17, 15) is 0 Å². The van der Waals surface area contributed by atoms with E-state index in [2.05, 4.69) is 38.0 Å². The van der Waals surface area contributed by atoms with E-state index >= 15 is 0 Å². The maximum absolute atomic E-state index is 3.77. The van der Waals surface area contributed by atoms with E-state index in [1.165, 1.54) is 38.6 Å². The Balaban J connectivity index is 2.20. The molecule has 0 saturated heterocycles. The van der Waals surface area contributed by atoms with Crippen LogP contribution in [0.2, 0.25) is 0 Å². The standard InChI is InChI=1S/C14H30N2/c1-5-13-8-6-7-9-14(13)15-10-11-16(4)12(2)3/h12-15H,5-11H2,1-4H3. The highest BCUT2D eigenvalue weighted by Gasteiger charge is 2.22. The molecule has 2 unspecified atom stereocenters. The van der Waals surface area contributed by atoms with E-state index in [0.717, 1.165) is 18.5 Å². The van der Waals surface area contributed by atoms with Gasteiger partial charge in [0.25, 0.3) is 0 Å². The summed E-state index contributed by atoms with van der Waals surface area (Å²) >= 11 is 0. The Kier molecular flexibility index (Phi) is 6.37. The summed E-state index contributed by atoms with van der Waals surface area (Å²) in [5, 5.41) is 3.77. The second kappa shape index (κ2) is 7.29. The average Bonchev–Trinajstić information content (AvgIpc) is 2.29. The van der Waals surface area contributed by atoms with E-state index in [-0.39, 0.29) is 0 Å². The zero-order valence-corrected chi connectivity index (χ0v) is 11.6. The third kappa shape index (κ3) is 4.42. The van der Waals surface area contributed by atoms with Crippen LogP contribution in [0.4, 0.5) is 0 Å². The molecule has 1 saturated carbocycles. The summed E-state index contributed by atoms with van der Waals surface area (Å²) in [6, 6.07) is 1.45. The lowest BCUT2D eigenvalue weighted by atomic mass is 9.83. The molecular weight excluding hydrogens is 196 g/mol. The first-order chi connectivity index (χ1) is 7.65. The molecule has 1 aliphatic carbocycles. The minimum absolute atomic E-state index is 0.662. The Morgan fingerprint density at radius 3 is 2.56 bits per heavy atom. The van der Waals surface area contributed by atoms with Gasteiger partial charge in [-0.1, -0.05) is 26.2 Å². The molecular formula is C14H30N2. The predicted octanol–water partition coefficient (Wildman–Crippen LogP) is 2.89. The minimum Gasteiger partial charge on any atom is -0.312 e. The van der Waals surface area contributed by atoms with Gasteiger partial charge in [0.15, 0.2) is 0 Å². The lowest BCUT2D eigenvalue weighted by Crippen LogP contribution is -2.42. The number of nitrogens with zero attached hydrogens (tertiary/aromatic N) is 1. The van der Waals surface area contributed by atoms with Crippen LogP contribution in [-0.4, -0.2) is 37.1 Å². The molecule has 0 bridgehead atoms. The van der Waals surface area contributed by atoms with Crippen molar-refractivity contribution in [2.24, 2.45) is 5.92 Å². The predicted molar refractivity (Wildman–Crippen MR) is 71.8 cm³/mol. The fourth-order valence-electron chi connectivity index (χ4n) is 2.65. The van der Waals surface area contributed by atoms with E-state index in [1.807, 2.05) is 0 Å². The fourth-order valence-corrected chi connectivity index (χ4v) is 2.65. The highest BCUT2D eigenvalue weighted by Crippen LogP contribution is 2.26. The molecule has 2 atom stereocenters. The summed E-state index contributed by atoms with van der Waals surface area (Å²) in [7, 11) is 2.21. The van der Waals surface area contributed by atoms with Crippen LogP contribution in [0, 0.1) is 5.92 Å².